The molecule has 1 saturated heterocycles. The molecule has 3 rings (SSSR count). The Morgan fingerprint density at radius 3 is 2.27 bits per heavy atom. The summed E-state index contributed by atoms with van der Waals surface area (Å²) in [5.41, 5.74) is 3.69. The van der Waals surface area contributed by atoms with Gasteiger partial charge in [-0.3, -0.25) is 0 Å². The maximum absolute atomic E-state index is 9.35. The van der Waals surface area contributed by atoms with Crippen molar-refractivity contribution in [3.8, 4) is 11.5 Å². The smallest absolute Gasteiger partial charge is 0.119 e. The number of hydrogen-bond donors (Lipinski definition) is 2. The van der Waals surface area contributed by atoms with Crippen LogP contribution >= 0.6 is 0 Å². The zero-order valence-electron chi connectivity index (χ0n) is 16.8. The molecule has 1 aromatic carbocycles. The predicted molar refractivity (Wildman–Crippen MR) is 109 cm³/mol. The van der Waals surface area contributed by atoms with Gasteiger partial charge in [-0.1, -0.05) is 32.1 Å². The Labute approximate surface area is 159 Å². The summed E-state index contributed by atoms with van der Waals surface area (Å²) in [6.07, 6.45) is 7.38. The van der Waals surface area contributed by atoms with Gasteiger partial charge in [-0.15, -0.1) is 0 Å². The van der Waals surface area contributed by atoms with Crippen LogP contribution in [-0.4, -0.2) is 28.2 Å². The van der Waals surface area contributed by atoms with Gasteiger partial charge in [0, 0.05) is 24.9 Å². The zero-order valence-corrected chi connectivity index (χ0v) is 16.8. The first-order chi connectivity index (χ1) is 12.2. The van der Waals surface area contributed by atoms with Crippen LogP contribution in [0.25, 0.3) is 0 Å². The highest BCUT2D eigenvalue weighted by atomic mass is 16.3. The van der Waals surface area contributed by atoms with Gasteiger partial charge in [-0.25, -0.2) is 0 Å². The van der Waals surface area contributed by atoms with Crippen molar-refractivity contribution in [1.82, 2.24) is 4.90 Å². The van der Waals surface area contributed by atoms with Crippen molar-refractivity contribution >= 4 is 0 Å². The van der Waals surface area contributed by atoms with E-state index in [1.807, 2.05) is 6.92 Å². The van der Waals surface area contributed by atoms with Gasteiger partial charge >= 0.3 is 0 Å². The maximum atomic E-state index is 9.35. The van der Waals surface area contributed by atoms with Crippen LogP contribution < -0.4 is 0 Å². The molecule has 0 radical (unpaired) electrons. The van der Waals surface area contributed by atoms with Crippen LogP contribution in [0.4, 0.5) is 0 Å². The molecule has 1 atom stereocenters. The number of rotatable bonds is 4. The summed E-state index contributed by atoms with van der Waals surface area (Å²) in [7, 11) is 0. The molecule has 1 aliphatic heterocycles. The van der Waals surface area contributed by atoms with Gasteiger partial charge in [-0.05, 0) is 75.0 Å². The van der Waals surface area contributed by atoms with Gasteiger partial charge in [0.05, 0.1) is 0 Å². The highest BCUT2D eigenvalue weighted by Crippen LogP contribution is 2.29. The SMILES string of the molecule is C=C(C)N1CC(Cc2cc(O)cc(O)c2)C1.CC1=CCC(C(C)C)CC1. The fourth-order valence-electron chi connectivity index (χ4n) is 3.71. The van der Waals surface area contributed by atoms with Gasteiger partial charge in [0.25, 0.3) is 0 Å². The molecule has 0 bridgehead atoms. The summed E-state index contributed by atoms with van der Waals surface area (Å²) in [5, 5.41) is 18.7. The Hall–Kier alpha value is -1.90. The van der Waals surface area contributed by atoms with Crippen molar-refractivity contribution in [1.29, 1.82) is 0 Å². The molecule has 0 saturated carbocycles. The Balaban J connectivity index is 0.000000209. The van der Waals surface area contributed by atoms with Gasteiger partial charge in [0.2, 0.25) is 0 Å². The molecule has 1 aliphatic carbocycles. The van der Waals surface area contributed by atoms with E-state index in [0.29, 0.717) is 5.92 Å². The van der Waals surface area contributed by atoms with Gasteiger partial charge in [0.1, 0.15) is 11.5 Å². The van der Waals surface area contributed by atoms with Crippen molar-refractivity contribution in [2.45, 2.75) is 53.4 Å². The minimum absolute atomic E-state index is 0.131. The Kier molecular flexibility index (Phi) is 7.19. The molecule has 1 fully saturated rings. The highest BCUT2D eigenvalue weighted by molar-refractivity contribution is 5.37. The number of likely N-dealkylation sites (tertiary alicyclic amines) is 1. The third-order valence-electron chi connectivity index (χ3n) is 5.61. The normalized spacial score (nSPS) is 20.1. The van der Waals surface area contributed by atoms with E-state index in [-0.39, 0.29) is 11.5 Å². The minimum atomic E-state index is 0.131. The highest BCUT2D eigenvalue weighted by Gasteiger charge is 2.26. The molecular weight excluding hydrogens is 322 g/mol. The summed E-state index contributed by atoms with van der Waals surface area (Å²) < 4.78 is 0. The van der Waals surface area contributed by atoms with Crippen LogP contribution in [0.2, 0.25) is 0 Å². The molecule has 26 heavy (non-hydrogen) atoms. The number of phenols is 2. The van der Waals surface area contributed by atoms with Crippen LogP contribution in [-0.2, 0) is 6.42 Å². The standard InChI is InChI=1S/C13H17NO2.C10H18/c1-9(2)14-7-11(8-14)3-10-4-12(15)6-13(16)5-10;1-8(2)10-6-4-9(3)5-7-10/h4-6,11,15-16H,1,3,7-8H2,2H3;4,8,10H,5-7H2,1-3H3. The summed E-state index contributed by atoms with van der Waals surface area (Å²) in [5.74, 6) is 2.70. The molecule has 1 aromatic rings. The Bertz CT molecular complexity index is 621. The summed E-state index contributed by atoms with van der Waals surface area (Å²) in [6, 6.07) is 4.77. The molecule has 3 heteroatoms. The number of aromatic hydroxyl groups is 2. The lowest BCUT2D eigenvalue weighted by Crippen LogP contribution is -2.45. The third-order valence-corrected chi connectivity index (χ3v) is 5.61. The lowest BCUT2D eigenvalue weighted by molar-refractivity contribution is 0.144. The number of phenolic OH excluding ortho intramolecular Hbond substituents is 2. The predicted octanol–water partition coefficient (Wildman–Crippen LogP) is 5.49. The van der Waals surface area contributed by atoms with Crippen molar-refractivity contribution in [3.05, 3.63) is 47.7 Å². The van der Waals surface area contributed by atoms with E-state index in [0.717, 1.165) is 42.6 Å². The summed E-state index contributed by atoms with van der Waals surface area (Å²) in [6.45, 7) is 14.9. The van der Waals surface area contributed by atoms with Gasteiger partial charge in [0.15, 0.2) is 0 Å². The van der Waals surface area contributed by atoms with E-state index in [1.165, 1.54) is 25.3 Å². The second kappa shape index (κ2) is 9.16. The van der Waals surface area contributed by atoms with E-state index in [2.05, 4.69) is 38.3 Å². The summed E-state index contributed by atoms with van der Waals surface area (Å²) >= 11 is 0. The monoisotopic (exact) mass is 357 g/mol. The number of allylic oxidation sites excluding steroid dienone is 3. The Morgan fingerprint density at radius 1 is 1.19 bits per heavy atom. The lowest BCUT2D eigenvalue weighted by atomic mass is 9.83. The van der Waals surface area contributed by atoms with E-state index in [4.69, 9.17) is 0 Å². The van der Waals surface area contributed by atoms with Crippen molar-refractivity contribution in [2.24, 2.45) is 17.8 Å². The first-order valence-corrected chi connectivity index (χ1v) is 9.82. The number of hydrogen-bond acceptors (Lipinski definition) is 3. The van der Waals surface area contributed by atoms with Crippen molar-refractivity contribution < 1.29 is 10.2 Å². The molecule has 144 valence electrons. The first kappa shape index (κ1) is 20.4. The molecule has 0 amide bonds. The van der Waals surface area contributed by atoms with E-state index < -0.39 is 0 Å². The Morgan fingerprint density at radius 2 is 1.81 bits per heavy atom. The van der Waals surface area contributed by atoms with Gasteiger partial charge in [-0.2, -0.15) is 0 Å². The molecule has 0 aromatic heterocycles. The molecule has 2 N–H and O–H groups in total. The van der Waals surface area contributed by atoms with Crippen LogP contribution in [0.3, 0.4) is 0 Å². The topological polar surface area (TPSA) is 43.7 Å². The average molecular weight is 358 g/mol. The molecule has 1 unspecified atom stereocenters. The third kappa shape index (κ3) is 6.12. The summed E-state index contributed by atoms with van der Waals surface area (Å²) in [4.78, 5) is 2.23. The lowest BCUT2D eigenvalue weighted by Gasteiger charge is -2.41. The molecular formula is C23H35NO2. The molecule has 3 nitrogen and oxygen atoms in total. The van der Waals surface area contributed by atoms with Crippen LogP contribution in [0, 0.1) is 17.8 Å². The molecule has 1 heterocycles. The zero-order chi connectivity index (χ0) is 19.3. The number of benzene rings is 1. The molecule has 2 aliphatic rings. The van der Waals surface area contributed by atoms with E-state index >= 15 is 0 Å². The van der Waals surface area contributed by atoms with Crippen LogP contribution in [0.1, 0.15) is 52.5 Å². The number of nitrogens with zero attached hydrogens (tertiary/aromatic N) is 1. The van der Waals surface area contributed by atoms with E-state index in [9.17, 15) is 10.2 Å². The minimum Gasteiger partial charge on any atom is -0.508 e. The van der Waals surface area contributed by atoms with Gasteiger partial charge < -0.3 is 15.1 Å². The van der Waals surface area contributed by atoms with Crippen molar-refractivity contribution in [3.63, 3.8) is 0 Å². The van der Waals surface area contributed by atoms with E-state index in [1.54, 1.807) is 17.7 Å². The largest absolute Gasteiger partial charge is 0.508 e. The quantitative estimate of drug-likeness (QED) is 0.700. The second-order valence-electron chi connectivity index (χ2n) is 8.40. The second-order valence-corrected chi connectivity index (χ2v) is 8.40. The van der Waals surface area contributed by atoms with Crippen LogP contribution in [0.5, 0.6) is 11.5 Å². The van der Waals surface area contributed by atoms with Crippen molar-refractivity contribution in [2.75, 3.05) is 13.1 Å². The van der Waals surface area contributed by atoms with Crippen LogP contribution in [0.15, 0.2) is 42.1 Å². The maximum Gasteiger partial charge on any atom is 0.119 e. The first-order valence-electron chi connectivity index (χ1n) is 9.82. The molecule has 0 spiro atoms. The average Bonchev–Trinajstić information content (AvgIpc) is 2.50. The fourth-order valence-corrected chi connectivity index (χ4v) is 3.71. The fraction of sp³-hybridized carbons (Fsp3) is 0.565.